The molecule has 0 aromatic carbocycles. The summed E-state index contributed by atoms with van der Waals surface area (Å²) in [5.41, 5.74) is 3.90. The van der Waals surface area contributed by atoms with Crippen LogP contribution in [0.2, 0.25) is 0 Å². The SMILES string of the molecule is N#Cc1c(-c2cccnc2)cncc1-c1cccnc1. The van der Waals surface area contributed by atoms with Crippen LogP contribution in [0.4, 0.5) is 0 Å². The van der Waals surface area contributed by atoms with E-state index in [-0.39, 0.29) is 0 Å². The lowest BCUT2D eigenvalue weighted by Crippen LogP contribution is -1.92. The van der Waals surface area contributed by atoms with E-state index in [9.17, 15) is 5.26 Å². The van der Waals surface area contributed by atoms with E-state index in [1.165, 1.54) is 0 Å². The van der Waals surface area contributed by atoms with E-state index < -0.39 is 0 Å². The van der Waals surface area contributed by atoms with Gasteiger partial charge in [-0.05, 0) is 12.1 Å². The summed E-state index contributed by atoms with van der Waals surface area (Å²) < 4.78 is 0. The number of aromatic nitrogens is 3. The Hall–Kier alpha value is -3.06. The third kappa shape index (κ3) is 2.13. The average molecular weight is 258 g/mol. The van der Waals surface area contributed by atoms with Crippen LogP contribution in [0.25, 0.3) is 22.3 Å². The molecular formula is C16H10N4. The van der Waals surface area contributed by atoms with Crippen molar-refractivity contribution in [3.8, 4) is 28.3 Å². The second kappa shape index (κ2) is 5.29. The van der Waals surface area contributed by atoms with Crippen LogP contribution in [0.3, 0.4) is 0 Å². The smallest absolute Gasteiger partial charge is 0.101 e. The molecule has 0 radical (unpaired) electrons. The van der Waals surface area contributed by atoms with Gasteiger partial charge in [0.05, 0.1) is 5.56 Å². The fraction of sp³-hybridized carbons (Fsp3) is 0. The molecule has 0 spiro atoms. The van der Waals surface area contributed by atoms with Crippen molar-refractivity contribution < 1.29 is 0 Å². The maximum Gasteiger partial charge on any atom is 0.101 e. The van der Waals surface area contributed by atoms with E-state index in [0.29, 0.717) is 5.56 Å². The molecule has 20 heavy (non-hydrogen) atoms. The minimum Gasteiger partial charge on any atom is -0.264 e. The van der Waals surface area contributed by atoms with Crippen LogP contribution >= 0.6 is 0 Å². The van der Waals surface area contributed by atoms with Crippen molar-refractivity contribution in [3.05, 3.63) is 67.0 Å². The molecule has 0 aliphatic carbocycles. The van der Waals surface area contributed by atoms with Gasteiger partial charge in [-0.15, -0.1) is 0 Å². The van der Waals surface area contributed by atoms with Gasteiger partial charge in [0.1, 0.15) is 6.07 Å². The van der Waals surface area contributed by atoms with Crippen LogP contribution in [0, 0.1) is 11.3 Å². The molecule has 0 fully saturated rings. The maximum absolute atomic E-state index is 9.50. The number of nitriles is 1. The predicted molar refractivity (Wildman–Crippen MR) is 75.4 cm³/mol. The summed E-state index contributed by atoms with van der Waals surface area (Å²) in [5, 5.41) is 9.50. The predicted octanol–water partition coefficient (Wildman–Crippen LogP) is 3.08. The van der Waals surface area contributed by atoms with Gasteiger partial charge in [-0.2, -0.15) is 5.26 Å². The van der Waals surface area contributed by atoms with Crippen LogP contribution in [-0.4, -0.2) is 15.0 Å². The van der Waals surface area contributed by atoms with Gasteiger partial charge in [-0.3, -0.25) is 15.0 Å². The lowest BCUT2D eigenvalue weighted by molar-refractivity contribution is 1.27. The summed E-state index contributed by atoms with van der Waals surface area (Å²) in [6.45, 7) is 0. The van der Waals surface area contributed by atoms with Crippen molar-refractivity contribution in [2.75, 3.05) is 0 Å². The van der Waals surface area contributed by atoms with Crippen LogP contribution in [0.5, 0.6) is 0 Å². The highest BCUT2D eigenvalue weighted by Crippen LogP contribution is 2.29. The van der Waals surface area contributed by atoms with E-state index in [2.05, 4.69) is 21.0 Å². The van der Waals surface area contributed by atoms with E-state index in [0.717, 1.165) is 22.3 Å². The lowest BCUT2D eigenvalue weighted by Gasteiger charge is -2.08. The molecule has 0 aliphatic heterocycles. The number of nitrogens with zero attached hydrogens (tertiary/aromatic N) is 4. The molecule has 3 aromatic heterocycles. The normalized spacial score (nSPS) is 9.95. The Labute approximate surface area is 116 Å². The van der Waals surface area contributed by atoms with Crippen molar-refractivity contribution in [1.82, 2.24) is 15.0 Å². The van der Waals surface area contributed by atoms with E-state index in [1.807, 2.05) is 24.3 Å². The van der Waals surface area contributed by atoms with Gasteiger partial charge in [-0.1, -0.05) is 12.1 Å². The van der Waals surface area contributed by atoms with E-state index in [1.54, 1.807) is 37.2 Å². The summed E-state index contributed by atoms with van der Waals surface area (Å²) in [6, 6.07) is 9.78. The second-order valence-corrected chi connectivity index (χ2v) is 4.20. The molecule has 4 heteroatoms. The molecule has 0 atom stereocenters. The van der Waals surface area contributed by atoms with Crippen molar-refractivity contribution >= 4 is 0 Å². The van der Waals surface area contributed by atoms with Crippen LogP contribution in [0.1, 0.15) is 5.56 Å². The Morgan fingerprint density at radius 3 is 1.70 bits per heavy atom. The lowest BCUT2D eigenvalue weighted by atomic mass is 9.97. The molecule has 4 nitrogen and oxygen atoms in total. The molecular weight excluding hydrogens is 248 g/mol. The van der Waals surface area contributed by atoms with Gasteiger partial charge in [0.2, 0.25) is 0 Å². The minimum atomic E-state index is 0.584. The summed E-state index contributed by atoms with van der Waals surface area (Å²) in [7, 11) is 0. The molecule has 94 valence electrons. The Balaban J connectivity index is 2.22. The first-order valence-corrected chi connectivity index (χ1v) is 6.09. The molecule has 3 rings (SSSR count). The molecule has 0 unspecified atom stereocenters. The van der Waals surface area contributed by atoms with Crippen LogP contribution < -0.4 is 0 Å². The standard InChI is InChI=1S/C16H10N4/c17-7-14-15(12-3-1-5-18-8-12)10-20-11-16(14)13-4-2-6-19-9-13/h1-6,8-11H. The molecule has 0 saturated heterocycles. The number of hydrogen-bond acceptors (Lipinski definition) is 4. The van der Waals surface area contributed by atoms with Crippen molar-refractivity contribution in [2.45, 2.75) is 0 Å². The summed E-state index contributed by atoms with van der Waals surface area (Å²) in [6.07, 6.45) is 10.2. The Kier molecular flexibility index (Phi) is 3.17. The van der Waals surface area contributed by atoms with E-state index >= 15 is 0 Å². The Morgan fingerprint density at radius 1 is 0.750 bits per heavy atom. The quantitative estimate of drug-likeness (QED) is 0.708. The number of rotatable bonds is 2. The molecule has 0 N–H and O–H groups in total. The Morgan fingerprint density at radius 2 is 1.30 bits per heavy atom. The largest absolute Gasteiger partial charge is 0.264 e. The summed E-state index contributed by atoms with van der Waals surface area (Å²) >= 11 is 0. The second-order valence-electron chi connectivity index (χ2n) is 4.20. The first-order chi connectivity index (χ1) is 9.90. The van der Waals surface area contributed by atoms with Gasteiger partial charge in [0.25, 0.3) is 0 Å². The first-order valence-electron chi connectivity index (χ1n) is 6.09. The fourth-order valence-electron chi connectivity index (χ4n) is 2.06. The van der Waals surface area contributed by atoms with Crippen molar-refractivity contribution in [2.24, 2.45) is 0 Å². The zero-order chi connectivity index (χ0) is 13.8. The van der Waals surface area contributed by atoms with Gasteiger partial charge in [0.15, 0.2) is 0 Å². The van der Waals surface area contributed by atoms with Crippen molar-refractivity contribution in [1.29, 1.82) is 5.26 Å². The third-order valence-electron chi connectivity index (χ3n) is 3.00. The van der Waals surface area contributed by atoms with Crippen molar-refractivity contribution in [3.63, 3.8) is 0 Å². The third-order valence-corrected chi connectivity index (χ3v) is 3.00. The van der Waals surface area contributed by atoms with Gasteiger partial charge >= 0.3 is 0 Å². The highest BCUT2D eigenvalue weighted by molar-refractivity contribution is 5.80. The first kappa shape index (κ1) is 12.0. The molecule has 0 aliphatic rings. The van der Waals surface area contributed by atoms with Crippen LogP contribution in [-0.2, 0) is 0 Å². The van der Waals surface area contributed by atoms with Crippen LogP contribution in [0.15, 0.2) is 61.4 Å². The van der Waals surface area contributed by atoms with Gasteiger partial charge in [0, 0.05) is 59.4 Å². The Bertz CT molecular complexity index is 704. The maximum atomic E-state index is 9.50. The zero-order valence-electron chi connectivity index (χ0n) is 10.6. The molecule has 3 aromatic rings. The molecule has 0 amide bonds. The van der Waals surface area contributed by atoms with Gasteiger partial charge in [-0.25, -0.2) is 0 Å². The fourth-order valence-corrected chi connectivity index (χ4v) is 2.06. The number of pyridine rings is 3. The molecule has 0 bridgehead atoms. The monoisotopic (exact) mass is 258 g/mol. The summed E-state index contributed by atoms with van der Waals surface area (Å²) in [5.74, 6) is 0. The molecule has 3 heterocycles. The number of hydrogen-bond donors (Lipinski definition) is 0. The molecule has 0 saturated carbocycles. The topological polar surface area (TPSA) is 62.5 Å². The zero-order valence-corrected chi connectivity index (χ0v) is 10.6. The average Bonchev–Trinajstić information content (AvgIpc) is 2.55. The van der Waals surface area contributed by atoms with E-state index in [4.69, 9.17) is 0 Å². The van der Waals surface area contributed by atoms with Gasteiger partial charge < -0.3 is 0 Å². The summed E-state index contributed by atoms with van der Waals surface area (Å²) in [4.78, 5) is 12.4. The highest BCUT2D eigenvalue weighted by atomic mass is 14.7. The highest BCUT2D eigenvalue weighted by Gasteiger charge is 2.12. The minimum absolute atomic E-state index is 0.584.